The molecule has 1 aromatic carbocycles. The molecule has 0 aromatic heterocycles. The summed E-state index contributed by atoms with van der Waals surface area (Å²) in [7, 11) is -1.79. The third kappa shape index (κ3) is 2.85. The van der Waals surface area contributed by atoms with Crippen molar-refractivity contribution in [1.82, 2.24) is 4.31 Å². The summed E-state index contributed by atoms with van der Waals surface area (Å²) in [4.78, 5) is 0.364. The van der Waals surface area contributed by atoms with Gasteiger partial charge in [0.1, 0.15) is 5.75 Å². The molecule has 0 spiro atoms. The fraction of sp³-hybridized carbons (Fsp3) is 0.500. The molecule has 0 amide bonds. The van der Waals surface area contributed by atoms with Crippen LogP contribution in [0.1, 0.15) is 31.2 Å². The standard InChI is InChI=1S/C16H21NO3S/c1-12-11-15(5-6-16(12)20-2)21(18,19)17-9-7-14(8-10-17)13-3-4-13/h5-6,11H,3-4,7-10H2,1-2H3. The third-order valence-electron chi connectivity index (χ3n) is 4.33. The quantitative estimate of drug-likeness (QED) is 0.807. The lowest BCUT2D eigenvalue weighted by molar-refractivity contribution is 0.385. The second kappa shape index (κ2) is 5.46. The fourth-order valence-electron chi connectivity index (χ4n) is 2.93. The normalized spacial score (nSPS) is 19.7. The van der Waals surface area contributed by atoms with Gasteiger partial charge in [-0.2, -0.15) is 4.31 Å². The van der Waals surface area contributed by atoms with Crippen LogP contribution in [-0.4, -0.2) is 32.9 Å². The summed E-state index contributed by atoms with van der Waals surface area (Å²) in [6, 6.07) is 5.06. The van der Waals surface area contributed by atoms with Crippen LogP contribution in [0.4, 0.5) is 0 Å². The second-order valence-electron chi connectivity index (χ2n) is 5.74. The van der Waals surface area contributed by atoms with Crippen LogP contribution in [0.5, 0.6) is 5.75 Å². The maximum atomic E-state index is 12.7. The lowest BCUT2D eigenvalue weighted by Gasteiger charge is -2.28. The molecule has 1 aromatic rings. The smallest absolute Gasteiger partial charge is 0.243 e. The summed E-state index contributed by atoms with van der Waals surface area (Å²) in [6.45, 7) is 3.07. The summed E-state index contributed by atoms with van der Waals surface area (Å²) in [6.07, 6.45) is 4.23. The number of methoxy groups -OCH3 is 1. The molecule has 0 N–H and O–H groups in total. The van der Waals surface area contributed by atoms with Crippen molar-refractivity contribution in [2.75, 3.05) is 20.2 Å². The molecule has 21 heavy (non-hydrogen) atoms. The molecule has 1 aliphatic carbocycles. The van der Waals surface area contributed by atoms with Gasteiger partial charge < -0.3 is 4.74 Å². The average Bonchev–Trinajstić information content (AvgIpc) is 3.32. The zero-order valence-electron chi connectivity index (χ0n) is 12.6. The van der Waals surface area contributed by atoms with Crippen LogP contribution < -0.4 is 4.74 Å². The summed E-state index contributed by atoms with van der Waals surface area (Å²) >= 11 is 0. The van der Waals surface area contributed by atoms with E-state index in [0.717, 1.165) is 18.4 Å². The van der Waals surface area contributed by atoms with Crippen LogP contribution in [0.25, 0.3) is 0 Å². The van der Waals surface area contributed by atoms with Crippen molar-refractivity contribution in [2.45, 2.75) is 37.5 Å². The lowest BCUT2D eigenvalue weighted by Crippen LogP contribution is -2.36. The molecule has 0 unspecified atom stereocenters. The number of nitrogens with zero attached hydrogens (tertiary/aromatic N) is 1. The van der Waals surface area contributed by atoms with Crippen molar-refractivity contribution < 1.29 is 13.2 Å². The first-order valence-corrected chi connectivity index (χ1v) is 8.81. The maximum absolute atomic E-state index is 12.7. The first kappa shape index (κ1) is 14.6. The van der Waals surface area contributed by atoms with Crippen LogP contribution in [0, 0.1) is 6.92 Å². The van der Waals surface area contributed by atoms with Crippen LogP contribution in [-0.2, 0) is 10.0 Å². The molecule has 114 valence electrons. The molecule has 0 radical (unpaired) electrons. The molecule has 0 bridgehead atoms. The number of rotatable bonds is 3. The van der Waals surface area contributed by atoms with Gasteiger partial charge in [-0.3, -0.25) is 0 Å². The summed E-state index contributed by atoms with van der Waals surface area (Å²) in [5.74, 6) is 0.716. The van der Waals surface area contributed by atoms with Crippen LogP contribution in [0.15, 0.2) is 34.2 Å². The van der Waals surface area contributed by atoms with E-state index < -0.39 is 10.0 Å². The van der Waals surface area contributed by atoms with E-state index >= 15 is 0 Å². The number of benzene rings is 1. The second-order valence-corrected chi connectivity index (χ2v) is 7.68. The Labute approximate surface area is 126 Å². The predicted molar refractivity (Wildman–Crippen MR) is 82.0 cm³/mol. The monoisotopic (exact) mass is 307 g/mol. The van der Waals surface area contributed by atoms with Gasteiger partial charge in [0.25, 0.3) is 0 Å². The van der Waals surface area contributed by atoms with E-state index in [1.165, 1.54) is 18.4 Å². The van der Waals surface area contributed by atoms with E-state index in [1.807, 2.05) is 6.92 Å². The highest BCUT2D eigenvalue weighted by atomic mass is 32.2. The van der Waals surface area contributed by atoms with E-state index in [1.54, 1.807) is 35.2 Å². The SMILES string of the molecule is COc1ccc(S(=O)(=O)N2CCC(=C3CC3)CC2)cc1C. The molecule has 3 rings (SSSR count). The molecule has 1 aliphatic heterocycles. The van der Waals surface area contributed by atoms with Gasteiger partial charge >= 0.3 is 0 Å². The van der Waals surface area contributed by atoms with Gasteiger partial charge in [-0.25, -0.2) is 8.42 Å². The summed E-state index contributed by atoms with van der Waals surface area (Å²) in [5, 5.41) is 0. The van der Waals surface area contributed by atoms with Gasteiger partial charge in [0.15, 0.2) is 0 Å². The van der Waals surface area contributed by atoms with Gasteiger partial charge in [0, 0.05) is 13.1 Å². The highest BCUT2D eigenvalue weighted by Gasteiger charge is 2.29. The molecular weight excluding hydrogens is 286 g/mol. The van der Waals surface area contributed by atoms with Crippen molar-refractivity contribution in [3.8, 4) is 5.75 Å². The van der Waals surface area contributed by atoms with Crippen molar-refractivity contribution in [2.24, 2.45) is 0 Å². The predicted octanol–water partition coefficient (Wildman–Crippen LogP) is 2.88. The van der Waals surface area contributed by atoms with Crippen molar-refractivity contribution >= 4 is 10.0 Å². The zero-order valence-corrected chi connectivity index (χ0v) is 13.4. The summed E-state index contributed by atoms with van der Waals surface area (Å²) in [5.41, 5.74) is 3.90. The Morgan fingerprint density at radius 1 is 1.05 bits per heavy atom. The fourth-order valence-corrected chi connectivity index (χ4v) is 4.45. The molecule has 1 saturated heterocycles. The largest absolute Gasteiger partial charge is 0.496 e. The van der Waals surface area contributed by atoms with E-state index in [2.05, 4.69) is 0 Å². The number of hydrogen-bond acceptors (Lipinski definition) is 3. The average molecular weight is 307 g/mol. The highest BCUT2D eigenvalue weighted by molar-refractivity contribution is 7.89. The Morgan fingerprint density at radius 2 is 1.67 bits per heavy atom. The van der Waals surface area contributed by atoms with Crippen LogP contribution in [0.3, 0.4) is 0 Å². The number of sulfonamides is 1. The third-order valence-corrected chi connectivity index (χ3v) is 6.22. The zero-order chi connectivity index (χ0) is 15.0. The Hall–Kier alpha value is -1.33. The van der Waals surface area contributed by atoms with Gasteiger partial charge in [0.2, 0.25) is 10.0 Å². The van der Waals surface area contributed by atoms with Gasteiger partial charge in [0.05, 0.1) is 12.0 Å². The molecule has 1 heterocycles. The van der Waals surface area contributed by atoms with Gasteiger partial charge in [-0.1, -0.05) is 11.1 Å². The number of allylic oxidation sites excluding steroid dienone is 1. The molecule has 0 atom stereocenters. The van der Waals surface area contributed by atoms with Gasteiger partial charge in [-0.05, 0) is 56.4 Å². The first-order chi connectivity index (χ1) is 10.0. The van der Waals surface area contributed by atoms with E-state index in [0.29, 0.717) is 23.7 Å². The van der Waals surface area contributed by atoms with Crippen molar-refractivity contribution in [1.29, 1.82) is 0 Å². The Kier molecular flexibility index (Phi) is 3.80. The number of hydrogen-bond donors (Lipinski definition) is 0. The maximum Gasteiger partial charge on any atom is 0.243 e. The number of aryl methyl sites for hydroxylation is 1. The van der Waals surface area contributed by atoms with Crippen molar-refractivity contribution in [3.05, 3.63) is 34.9 Å². The summed E-state index contributed by atoms with van der Waals surface area (Å²) < 4.78 is 32.2. The first-order valence-electron chi connectivity index (χ1n) is 7.37. The Balaban J connectivity index is 1.80. The number of piperidine rings is 1. The molecule has 1 saturated carbocycles. The van der Waals surface area contributed by atoms with Crippen LogP contribution in [0.2, 0.25) is 0 Å². The molecule has 4 nitrogen and oxygen atoms in total. The Morgan fingerprint density at radius 3 is 2.19 bits per heavy atom. The van der Waals surface area contributed by atoms with E-state index in [4.69, 9.17) is 4.74 Å². The minimum atomic E-state index is -3.38. The highest BCUT2D eigenvalue weighted by Crippen LogP contribution is 2.37. The van der Waals surface area contributed by atoms with E-state index in [9.17, 15) is 8.42 Å². The van der Waals surface area contributed by atoms with Crippen molar-refractivity contribution in [3.63, 3.8) is 0 Å². The van der Waals surface area contributed by atoms with Crippen LogP contribution >= 0.6 is 0 Å². The molecule has 5 heteroatoms. The lowest BCUT2D eigenvalue weighted by atomic mass is 10.1. The van der Waals surface area contributed by atoms with Gasteiger partial charge in [-0.15, -0.1) is 0 Å². The molecule has 2 fully saturated rings. The minimum Gasteiger partial charge on any atom is -0.496 e. The van der Waals surface area contributed by atoms with E-state index in [-0.39, 0.29) is 0 Å². The topological polar surface area (TPSA) is 46.6 Å². The number of ether oxygens (including phenoxy) is 1. The molecule has 2 aliphatic rings. The Bertz CT molecular complexity index is 675. The minimum absolute atomic E-state index is 0.364. The molecular formula is C16H21NO3S.